The molecular weight excluding hydrogens is 519 g/mol. The van der Waals surface area contributed by atoms with Crippen molar-refractivity contribution in [2.24, 2.45) is 0 Å². The van der Waals surface area contributed by atoms with Crippen LogP contribution in [0.2, 0.25) is 10.4 Å². The lowest BCUT2D eigenvalue weighted by Crippen LogP contribution is -2.15. The molecule has 0 amide bonds. The van der Waals surface area contributed by atoms with Crippen LogP contribution >= 0.6 is 34.5 Å². The number of nitrogens with two attached hydrogens (primary N) is 1. The first-order valence-electron chi connectivity index (χ1n) is 11.1. The molecule has 180 valence electrons. The van der Waals surface area contributed by atoms with Gasteiger partial charge in [0.1, 0.15) is 21.2 Å². The third-order valence-electron chi connectivity index (χ3n) is 6.39. The molecule has 4 aromatic heterocycles. The maximum atomic E-state index is 11.9. The number of nitrogen functional groups attached to an aromatic ring is 1. The number of furan rings is 2. The molecule has 0 saturated carbocycles. The molecule has 1 aromatic carbocycles. The van der Waals surface area contributed by atoms with Crippen molar-refractivity contribution < 1.29 is 18.7 Å². The molecule has 0 fully saturated rings. The second kappa shape index (κ2) is 8.85. The van der Waals surface area contributed by atoms with Gasteiger partial charge in [-0.2, -0.15) is 0 Å². The number of halogens is 2. The first-order chi connectivity index (χ1) is 17.4. The Labute approximate surface area is 219 Å². The van der Waals surface area contributed by atoms with E-state index in [0.717, 1.165) is 28.2 Å². The molecule has 6 nitrogen and oxygen atoms in total. The van der Waals surface area contributed by atoms with E-state index in [1.165, 1.54) is 5.56 Å². The van der Waals surface area contributed by atoms with Gasteiger partial charge in [-0.05, 0) is 89.0 Å². The first kappa shape index (κ1) is 22.9. The van der Waals surface area contributed by atoms with Crippen LogP contribution in [0.15, 0.2) is 63.4 Å². The number of anilines is 1. The van der Waals surface area contributed by atoms with E-state index in [4.69, 9.17) is 42.8 Å². The summed E-state index contributed by atoms with van der Waals surface area (Å²) in [5, 5.41) is 10.8. The van der Waals surface area contributed by atoms with Crippen molar-refractivity contribution in [3.63, 3.8) is 0 Å². The zero-order valence-electron chi connectivity index (χ0n) is 18.6. The standard InChI is InChI=1S/C27H18Cl2N2O4S/c28-19-8-6-16(34-19)11-15-10-14(13-4-2-1-3-5-13)12-17-21(18-7-9-20(29)35-18)22-23(30)25(27(32)33)36-26(22)31-24(15)17/h1-9,11,14H,10,12,30H2,(H,32,33). The molecule has 5 aromatic rings. The largest absolute Gasteiger partial charge is 0.477 e. The smallest absolute Gasteiger partial charge is 0.348 e. The lowest BCUT2D eigenvalue weighted by molar-refractivity contribution is 0.0703. The van der Waals surface area contributed by atoms with Crippen LogP contribution in [0.4, 0.5) is 5.69 Å². The summed E-state index contributed by atoms with van der Waals surface area (Å²) < 4.78 is 11.5. The van der Waals surface area contributed by atoms with Gasteiger partial charge in [0.25, 0.3) is 0 Å². The molecule has 0 saturated heterocycles. The molecule has 9 heteroatoms. The lowest BCUT2D eigenvalue weighted by Gasteiger charge is -2.28. The molecule has 0 spiro atoms. The van der Waals surface area contributed by atoms with Crippen LogP contribution in [0.5, 0.6) is 0 Å². The van der Waals surface area contributed by atoms with Crippen molar-refractivity contribution >= 4 is 68.1 Å². The second-order valence-corrected chi connectivity index (χ2v) is 10.3. The number of pyridine rings is 1. The number of allylic oxidation sites excluding steroid dienone is 1. The van der Waals surface area contributed by atoms with Gasteiger partial charge >= 0.3 is 5.97 Å². The van der Waals surface area contributed by atoms with Crippen molar-refractivity contribution in [2.45, 2.75) is 18.8 Å². The number of hydrogen-bond donors (Lipinski definition) is 2. The molecule has 36 heavy (non-hydrogen) atoms. The summed E-state index contributed by atoms with van der Waals surface area (Å²) in [6, 6.07) is 17.2. The van der Waals surface area contributed by atoms with Gasteiger partial charge in [0.15, 0.2) is 10.4 Å². The van der Waals surface area contributed by atoms with Gasteiger partial charge in [0, 0.05) is 10.9 Å². The normalized spacial score (nSPS) is 16.5. The van der Waals surface area contributed by atoms with Crippen molar-refractivity contribution in [1.82, 2.24) is 4.98 Å². The summed E-state index contributed by atoms with van der Waals surface area (Å²) in [5.74, 6) is 0.160. The van der Waals surface area contributed by atoms with E-state index in [1.54, 1.807) is 24.3 Å². The van der Waals surface area contributed by atoms with Gasteiger partial charge in [-0.15, -0.1) is 11.3 Å². The van der Waals surface area contributed by atoms with Gasteiger partial charge in [-0.3, -0.25) is 0 Å². The molecule has 1 unspecified atom stereocenters. The fourth-order valence-corrected chi connectivity index (χ4v) is 6.12. The van der Waals surface area contributed by atoms with Crippen molar-refractivity contribution in [3.05, 3.63) is 92.5 Å². The third-order valence-corrected chi connectivity index (χ3v) is 7.89. The summed E-state index contributed by atoms with van der Waals surface area (Å²) in [5.41, 5.74) is 11.1. The Morgan fingerprint density at radius 1 is 1.06 bits per heavy atom. The molecule has 0 bridgehead atoms. The molecule has 1 atom stereocenters. The summed E-state index contributed by atoms with van der Waals surface area (Å²) in [6.07, 6.45) is 3.30. The molecule has 6 rings (SSSR count). The van der Waals surface area contributed by atoms with E-state index >= 15 is 0 Å². The van der Waals surface area contributed by atoms with E-state index in [2.05, 4.69) is 12.1 Å². The fourth-order valence-electron chi connectivity index (χ4n) is 4.88. The molecule has 0 aliphatic heterocycles. The van der Waals surface area contributed by atoms with E-state index in [-0.39, 0.29) is 21.7 Å². The zero-order valence-corrected chi connectivity index (χ0v) is 21.0. The van der Waals surface area contributed by atoms with Crippen molar-refractivity contribution in [1.29, 1.82) is 0 Å². The topological polar surface area (TPSA) is 102 Å². The summed E-state index contributed by atoms with van der Waals surface area (Å²) >= 11 is 13.2. The monoisotopic (exact) mass is 536 g/mol. The Kier molecular flexibility index (Phi) is 5.63. The maximum Gasteiger partial charge on any atom is 0.348 e. The van der Waals surface area contributed by atoms with E-state index in [9.17, 15) is 9.90 Å². The van der Waals surface area contributed by atoms with Crippen LogP contribution < -0.4 is 5.73 Å². The minimum Gasteiger partial charge on any atom is -0.477 e. The summed E-state index contributed by atoms with van der Waals surface area (Å²) in [4.78, 5) is 17.4. The van der Waals surface area contributed by atoms with Gasteiger partial charge in [0.05, 0.1) is 11.4 Å². The Bertz CT molecular complexity index is 1670. The maximum absolute atomic E-state index is 11.9. The number of carboxylic acids is 1. The Hall–Kier alpha value is -3.52. The third kappa shape index (κ3) is 3.89. The first-order valence-corrected chi connectivity index (χ1v) is 12.7. The van der Waals surface area contributed by atoms with E-state index < -0.39 is 5.97 Å². The second-order valence-electron chi connectivity index (χ2n) is 8.58. The summed E-state index contributed by atoms with van der Waals surface area (Å²) in [6.45, 7) is 0. The Morgan fingerprint density at radius 2 is 1.81 bits per heavy atom. The molecule has 3 N–H and O–H groups in total. The zero-order chi connectivity index (χ0) is 25.0. The number of aromatic carboxylic acids is 1. The Morgan fingerprint density at radius 3 is 2.47 bits per heavy atom. The van der Waals surface area contributed by atoms with E-state index in [0.29, 0.717) is 45.4 Å². The predicted molar refractivity (Wildman–Crippen MR) is 143 cm³/mol. The fraction of sp³-hybridized carbons (Fsp3) is 0.111. The number of thiophene rings is 1. The van der Waals surface area contributed by atoms with Crippen LogP contribution in [0, 0.1) is 0 Å². The minimum absolute atomic E-state index is 0.0432. The van der Waals surface area contributed by atoms with Crippen LogP contribution in [0.25, 0.3) is 33.2 Å². The number of nitrogens with zero attached hydrogens (tertiary/aromatic N) is 1. The minimum atomic E-state index is -1.10. The van der Waals surface area contributed by atoms with Gasteiger partial charge < -0.3 is 19.7 Å². The number of hydrogen-bond acceptors (Lipinski definition) is 6. The number of aromatic nitrogens is 1. The Balaban J connectivity index is 1.67. The highest BCUT2D eigenvalue weighted by Crippen LogP contribution is 2.49. The lowest BCUT2D eigenvalue weighted by atomic mass is 9.77. The molecule has 1 aliphatic carbocycles. The van der Waals surface area contributed by atoms with E-state index in [1.807, 2.05) is 24.3 Å². The van der Waals surface area contributed by atoms with Gasteiger partial charge in [0.2, 0.25) is 0 Å². The SMILES string of the molecule is Nc1c(C(=O)O)sc2nc3c(c(-c4ccc(Cl)o4)c12)CC(c1ccccc1)CC3=Cc1ccc(Cl)o1. The van der Waals surface area contributed by atoms with Gasteiger partial charge in [-0.1, -0.05) is 30.3 Å². The predicted octanol–water partition coefficient (Wildman–Crippen LogP) is 8.01. The van der Waals surface area contributed by atoms with Crippen LogP contribution in [-0.4, -0.2) is 16.1 Å². The quantitative estimate of drug-likeness (QED) is 0.241. The highest BCUT2D eigenvalue weighted by molar-refractivity contribution is 7.21. The molecule has 1 aliphatic rings. The number of fused-ring (bicyclic) bond motifs is 2. The number of rotatable bonds is 4. The van der Waals surface area contributed by atoms with Crippen molar-refractivity contribution in [3.8, 4) is 11.3 Å². The number of benzene rings is 1. The highest BCUT2D eigenvalue weighted by atomic mass is 35.5. The van der Waals surface area contributed by atoms with Gasteiger partial charge in [-0.25, -0.2) is 9.78 Å². The average Bonchev–Trinajstić information content (AvgIpc) is 3.57. The molecule has 0 radical (unpaired) electrons. The number of carbonyl (C=O) groups is 1. The van der Waals surface area contributed by atoms with Crippen LogP contribution in [-0.2, 0) is 6.42 Å². The molecular formula is C27H18Cl2N2O4S. The summed E-state index contributed by atoms with van der Waals surface area (Å²) in [7, 11) is 0. The average molecular weight is 537 g/mol. The van der Waals surface area contributed by atoms with Crippen LogP contribution in [0.3, 0.4) is 0 Å². The van der Waals surface area contributed by atoms with Crippen molar-refractivity contribution in [2.75, 3.05) is 5.73 Å². The number of carboxylic acid groups (broad SMARTS) is 1. The van der Waals surface area contributed by atoms with Crippen LogP contribution in [0.1, 0.15) is 44.6 Å². The highest BCUT2D eigenvalue weighted by Gasteiger charge is 2.32. The molecule has 4 heterocycles.